The van der Waals surface area contributed by atoms with Crippen LogP contribution in [-0.4, -0.2) is 39.3 Å². The van der Waals surface area contributed by atoms with Gasteiger partial charge in [0, 0.05) is 17.9 Å². The van der Waals surface area contributed by atoms with Crippen molar-refractivity contribution in [1.82, 2.24) is 0 Å². The molecule has 0 aromatic carbocycles. The van der Waals surface area contributed by atoms with Gasteiger partial charge in [0.15, 0.2) is 0 Å². The number of hydrogen-bond donors (Lipinski definition) is 0. The van der Waals surface area contributed by atoms with Gasteiger partial charge in [-0.2, -0.15) is 0 Å². The normalized spacial score (nSPS) is 30.6. The fourth-order valence-corrected chi connectivity index (χ4v) is 5.73. The fraction of sp³-hybridized carbons (Fsp3) is 0.714. The van der Waals surface area contributed by atoms with Crippen LogP contribution in [0.3, 0.4) is 0 Å². The van der Waals surface area contributed by atoms with E-state index in [0.29, 0.717) is 5.75 Å². The van der Waals surface area contributed by atoms with Gasteiger partial charge < -0.3 is 0 Å². The van der Waals surface area contributed by atoms with E-state index in [1.165, 1.54) is 6.38 Å². The van der Waals surface area contributed by atoms with Gasteiger partial charge in [-0.25, -0.2) is 9.21 Å². The Morgan fingerprint density at radius 1 is 1.33 bits per heavy atom. The minimum atomic E-state index is -1.10. The van der Waals surface area contributed by atoms with Gasteiger partial charge in [0.1, 0.15) is 4.33 Å². The molecule has 5 heteroatoms. The summed E-state index contributed by atoms with van der Waals surface area (Å²) in [6, 6.07) is 0. The Kier molecular flexibility index (Phi) is 5.14. The smallest absolute Gasteiger partial charge is 0.143 e. The van der Waals surface area contributed by atoms with Crippen LogP contribution in [0.25, 0.3) is 0 Å². The van der Waals surface area contributed by atoms with E-state index in [0.717, 1.165) is 5.75 Å². The van der Waals surface area contributed by atoms with Crippen molar-refractivity contribution in [1.29, 1.82) is 0 Å². The Hall–Kier alpha value is 1.25. The molecule has 0 aromatic heterocycles. The standard InChI is InChI=1S/C6H9Cl3S.CH3Cl/c1-10(2)3-5(7)6(8,9)4-10;1-2/h5H,1-4H2;1H3. The van der Waals surface area contributed by atoms with Crippen LogP contribution in [0.1, 0.15) is 0 Å². The molecule has 0 spiro atoms. The Bertz CT molecular complexity index is 230. The Balaban J connectivity index is 0.000000561. The molecule has 0 nitrogen and oxygen atoms in total. The molecule has 0 aromatic rings. The molecule has 1 saturated heterocycles. The molecule has 1 fully saturated rings. The summed E-state index contributed by atoms with van der Waals surface area (Å²) >= 11 is 22.3. The van der Waals surface area contributed by atoms with Crippen molar-refractivity contribution in [2.24, 2.45) is 0 Å². The zero-order valence-electron chi connectivity index (χ0n) is 6.83. The summed E-state index contributed by atoms with van der Waals surface area (Å²) < 4.78 is -0.791. The molecule has 1 atom stereocenters. The van der Waals surface area contributed by atoms with E-state index in [9.17, 15) is 0 Å². The Morgan fingerprint density at radius 2 is 1.75 bits per heavy atom. The highest BCUT2D eigenvalue weighted by molar-refractivity contribution is 8.28. The first-order valence-electron chi connectivity index (χ1n) is 3.18. The number of alkyl halides is 4. The summed E-state index contributed by atoms with van der Waals surface area (Å²) in [5.74, 6) is 9.28. The third-order valence-corrected chi connectivity index (χ3v) is 5.61. The van der Waals surface area contributed by atoms with Gasteiger partial charge in [0.25, 0.3) is 0 Å². The molecule has 0 amide bonds. The number of rotatable bonds is 0. The highest BCUT2D eigenvalue weighted by atomic mass is 35.5. The first-order valence-corrected chi connectivity index (χ1v) is 7.44. The van der Waals surface area contributed by atoms with E-state index >= 15 is 0 Å². The average Bonchev–Trinajstić information content (AvgIpc) is 2.05. The zero-order chi connectivity index (χ0) is 9.99. The van der Waals surface area contributed by atoms with Crippen molar-refractivity contribution in [3.63, 3.8) is 0 Å². The average molecular weight is 270 g/mol. The number of hydrogen-bond acceptors (Lipinski definition) is 0. The lowest BCUT2D eigenvalue weighted by molar-refractivity contribution is 0.889. The third-order valence-electron chi connectivity index (χ3n) is 1.46. The van der Waals surface area contributed by atoms with E-state index in [2.05, 4.69) is 23.3 Å². The molecule has 0 aliphatic carbocycles. The van der Waals surface area contributed by atoms with Gasteiger partial charge in [0.2, 0.25) is 0 Å². The molecular formula is C7H12Cl4S. The van der Waals surface area contributed by atoms with Crippen LogP contribution in [0.15, 0.2) is 0 Å². The van der Waals surface area contributed by atoms with Gasteiger partial charge in [-0.15, -0.1) is 23.2 Å². The topological polar surface area (TPSA) is 0 Å². The molecule has 0 saturated carbocycles. The van der Waals surface area contributed by atoms with Crippen LogP contribution in [0.5, 0.6) is 0 Å². The first kappa shape index (κ1) is 13.2. The van der Waals surface area contributed by atoms with E-state index in [4.69, 9.17) is 34.8 Å². The first-order chi connectivity index (χ1) is 5.33. The number of halogens is 4. The molecule has 1 aliphatic heterocycles. The summed E-state index contributed by atoms with van der Waals surface area (Å²) in [5.41, 5.74) is 0. The van der Waals surface area contributed by atoms with Crippen molar-refractivity contribution < 1.29 is 0 Å². The summed E-state index contributed by atoms with van der Waals surface area (Å²) in [5, 5.41) is -0.180. The minimum absolute atomic E-state index is 0.180. The maximum atomic E-state index is 5.88. The summed E-state index contributed by atoms with van der Waals surface area (Å²) in [4.78, 5) is 0. The molecule has 1 rings (SSSR count). The second-order valence-electron chi connectivity index (χ2n) is 2.76. The molecule has 1 unspecified atom stereocenters. The van der Waals surface area contributed by atoms with Crippen molar-refractivity contribution in [3.05, 3.63) is 0 Å². The molecule has 12 heavy (non-hydrogen) atoms. The second kappa shape index (κ2) is 4.65. The van der Waals surface area contributed by atoms with E-state index in [1.807, 2.05) is 0 Å². The second-order valence-corrected chi connectivity index (χ2v) is 7.91. The van der Waals surface area contributed by atoms with Crippen molar-refractivity contribution in [2.45, 2.75) is 9.71 Å². The van der Waals surface area contributed by atoms with E-state index in [-0.39, 0.29) is 5.38 Å². The van der Waals surface area contributed by atoms with Crippen LogP contribution in [0, 0.1) is 0 Å². The monoisotopic (exact) mass is 268 g/mol. The van der Waals surface area contributed by atoms with Crippen molar-refractivity contribution in [3.8, 4) is 0 Å². The lowest BCUT2D eigenvalue weighted by Gasteiger charge is -2.13. The van der Waals surface area contributed by atoms with Gasteiger partial charge in [-0.1, -0.05) is 34.9 Å². The summed E-state index contributed by atoms with van der Waals surface area (Å²) in [7, 11) is -1.10. The predicted molar refractivity (Wildman–Crippen MR) is 67.4 cm³/mol. The molecule has 74 valence electrons. The minimum Gasteiger partial charge on any atom is -0.210 e. The van der Waals surface area contributed by atoms with Gasteiger partial charge in [0.05, 0.1) is 5.38 Å². The van der Waals surface area contributed by atoms with Crippen LogP contribution < -0.4 is 0 Å². The third kappa shape index (κ3) is 3.55. The van der Waals surface area contributed by atoms with Gasteiger partial charge in [-0.3, -0.25) is 0 Å². The van der Waals surface area contributed by atoms with Crippen molar-refractivity contribution >= 4 is 67.4 Å². The van der Waals surface area contributed by atoms with Gasteiger partial charge in [-0.05, 0) is 0 Å². The molecular weight excluding hydrogens is 258 g/mol. The lowest BCUT2D eigenvalue weighted by Crippen LogP contribution is -2.23. The molecule has 1 heterocycles. The van der Waals surface area contributed by atoms with Crippen molar-refractivity contribution in [2.75, 3.05) is 17.9 Å². The van der Waals surface area contributed by atoms with Crippen LogP contribution in [0.2, 0.25) is 0 Å². The lowest BCUT2D eigenvalue weighted by atomic mass is 10.3. The molecule has 0 radical (unpaired) electrons. The Labute approximate surface area is 94.6 Å². The molecule has 0 bridgehead atoms. The summed E-state index contributed by atoms with van der Waals surface area (Å²) in [6.07, 6.45) is 1.47. The van der Waals surface area contributed by atoms with E-state index < -0.39 is 13.5 Å². The fourth-order valence-electron chi connectivity index (χ4n) is 0.990. The SMILES string of the molecule is C=S1(=C)CC(Cl)C(Cl)(Cl)C1.CCl. The van der Waals surface area contributed by atoms with Crippen LogP contribution in [0.4, 0.5) is 0 Å². The zero-order valence-corrected chi connectivity index (χ0v) is 10.7. The predicted octanol–water partition coefficient (Wildman–Crippen LogP) is 3.30. The largest absolute Gasteiger partial charge is 0.210 e. The molecule has 1 aliphatic rings. The maximum absolute atomic E-state index is 5.88. The van der Waals surface area contributed by atoms with Crippen LogP contribution >= 0.6 is 55.6 Å². The maximum Gasteiger partial charge on any atom is 0.143 e. The highest BCUT2D eigenvalue weighted by Gasteiger charge is 2.41. The van der Waals surface area contributed by atoms with Crippen LogP contribution in [-0.2, 0) is 0 Å². The van der Waals surface area contributed by atoms with E-state index in [1.54, 1.807) is 0 Å². The summed E-state index contributed by atoms with van der Waals surface area (Å²) in [6.45, 7) is 0. The Morgan fingerprint density at radius 3 is 1.83 bits per heavy atom. The van der Waals surface area contributed by atoms with Gasteiger partial charge >= 0.3 is 0 Å². The molecule has 0 N–H and O–H groups in total. The quantitative estimate of drug-likeness (QED) is 0.468. The highest BCUT2D eigenvalue weighted by Crippen LogP contribution is 2.46.